The van der Waals surface area contributed by atoms with Gasteiger partial charge in [-0.05, 0) is 20.0 Å². The molecular weight excluding hydrogens is 192 g/mol. The maximum Gasteiger partial charge on any atom is 0.143 e. The molecule has 0 saturated carbocycles. The van der Waals surface area contributed by atoms with Gasteiger partial charge in [0.15, 0.2) is 0 Å². The first-order valence-electron chi connectivity index (χ1n) is 5.51. The summed E-state index contributed by atoms with van der Waals surface area (Å²) in [5.41, 5.74) is 0. The molecule has 0 aromatic heterocycles. The summed E-state index contributed by atoms with van der Waals surface area (Å²) in [6.45, 7) is 10.1. The first-order chi connectivity index (χ1) is 7.13. The molecule has 0 spiro atoms. The van der Waals surface area contributed by atoms with Crippen LogP contribution in [0.1, 0.15) is 20.8 Å². The van der Waals surface area contributed by atoms with Gasteiger partial charge in [-0.25, -0.2) is 0 Å². The van der Waals surface area contributed by atoms with Gasteiger partial charge in [-0.15, -0.1) is 0 Å². The minimum absolute atomic E-state index is 0.190. The van der Waals surface area contributed by atoms with E-state index in [0.717, 1.165) is 32.5 Å². The van der Waals surface area contributed by atoms with Gasteiger partial charge >= 0.3 is 0 Å². The molecule has 0 aromatic rings. The lowest BCUT2D eigenvalue weighted by atomic mass is 10.3. The number of nitrogens with zero attached hydrogens (tertiary/aromatic N) is 2. The van der Waals surface area contributed by atoms with Crippen LogP contribution in [0.5, 0.6) is 0 Å². The van der Waals surface area contributed by atoms with Gasteiger partial charge in [0.25, 0.3) is 0 Å². The van der Waals surface area contributed by atoms with E-state index in [1.54, 1.807) is 6.92 Å². The van der Waals surface area contributed by atoms with Gasteiger partial charge in [0.05, 0.1) is 13.1 Å². The smallest absolute Gasteiger partial charge is 0.143 e. The van der Waals surface area contributed by atoms with Crippen molar-refractivity contribution in [3.05, 3.63) is 0 Å². The number of Topliss-reactive ketones (excluding diaryl/α,β-unsaturated/α-hetero) is 1. The third kappa shape index (κ3) is 7.22. The van der Waals surface area contributed by atoms with E-state index in [2.05, 4.69) is 9.80 Å². The molecule has 0 radical (unpaired) electrons. The number of hydrogen-bond donors (Lipinski definition) is 0. The van der Waals surface area contributed by atoms with Crippen LogP contribution in [0.25, 0.3) is 0 Å². The second-order valence-corrected chi connectivity index (χ2v) is 3.63. The highest BCUT2D eigenvalue weighted by Crippen LogP contribution is 1.92. The number of hydrogen-bond acceptors (Lipinski definition) is 4. The third-order valence-corrected chi connectivity index (χ3v) is 2.41. The van der Waals surface area contributed by atoms with Gasteiger partial charge in [0.2, 0.25) is 0 Å². The zero-order valence-electron chi connectivity index (χ0n) is 10.0. The normalized spacial score (nSPS) is 11.0. The fraction of sp³-hybridized carbons (Fsp3) is 0.818. The number of likely N-dealkylation sites (N-methyl/N-ethyl adjacent to an activating group) is 2. The van der Waals surface area contributed by atoms with Gasteiger partial charge in [0.1, 0.15) is 12.1 Å². The van der Waals surface area contributed by atoms with Crippen molar-refractivity contribution in [2.45, 2.75) is 20.8 Å². The highest BCUT2D eigenvalue weighted by Gasteiger charge is 2.07. The van der Waals surface area contributed by atoms with Crippen molar-refractivity contribution < 1.29 is 9.59 Å². The summed E-state index contributed by atoms with van der Waals surface area (Å²) >= 11 is 0. The molecule has 0 saturated heterocycles. The van der Waals surface area contributed by atoms with E-state index in [9.17, 15) is 9.59 Å². The fourth-order valence-corrected chi connectivity index (χ4v) is 1.43. The van der Waals surface area contributed by atoms with Gasteiger partial charge in [-0.2, -0.15) is 0 Å². The molecule has 0 N–H and O–H groups in total. The first kappa shape index (κ1) is 14.3. The molecule has 4 heteroatoms. The quantitative estimate of drug-likeness (QED) is 0.522. The van der Waals surface area contributed by atoms with E-state index < -0.39 is 0 Å². The Hall–Kier alpha value is -0.740. The molecule has 15 heavy (non-hydrogen) atoms. The average molecular weight is 214 g/mol. The monoisotopic (exact) mass is 214 g/mol. The molecule has 0 aliphatic heterocycles. The maximum absolute atomic E-state index is 10.9. The summed E-state index contributed by atoms with van der Waals surface area (Å²) in [5.74, 6) is 0.190. The lowest BCUT2D eigenvalue weighted by Crippen LogP contribution is -2.37. The molecule has 0 bridgehead atoms. The molecule has 0 unspecified atom stereocenters. The van der Waals surface area contributed by atoms with Crippen molar-refractivity contribution in [3.63, 3.8) is 0 Å². The number of aldehydes is 1. The van der Waals surface area contributed by atoms with Crippen LogP contribution in [0, 0.1) is 0 Å². The Morgan fingerprint density at radius 1 is 1.13 bits per heavy atom. The molecule has 4 nitrogen and oxygen atoms in total. The van der Waals surface area contributed by atoms with Gasteiger partial charge in [0, 0.05) is 13.1 Å². The second kappa shape index (κ2) is 8.56. The van der Waals surface area contributed by atoms with Crippen molar-refractivity contribution in [2.75, 3.05) is 39.3 Å². The van der Waals surface area contributed by atoms with Gasteiger partial charge in [-0.3, -0.25) is 14.6 Å². The van der Waals surface area contributed by atoms with Crippen LogP contribution in [-0.4, -0.2) is 61.1 Å². The second-order valence-electron chi connectivity index (χ2n) is 3.63. The van der Waals surface area contributed by atoms with Crippen LogP contribution < -0.4 is 0 Å². The van der Waals surface area contributed by atoms with E-state index in [1.807, 2.05) is 13.8 Å². The summed E-state index contributed by atoms with van der Waals surface area (Å²) in [6.07, 6.45) is 0.921. The van der Waals surface area contributed by atoms with Gasteiger partial charge in [-0.1, -0.05) is 13.8 Å². The summed E-state index contributed by atoms with van der Waals surface area (Å²) in [5, 5.41) is 0. The minimum Gasteiger partial charge on any atom is -0.302 e. The first-order valence-corrected chi connectivity index (χ1v) is 5.51. The Morgan fingerprint density at radius 3 is 2.07 bits per heavy atom. The number of carbonyl (C=O) groups excluding carboxylic acids is 2. The van der Waals surface area contributed by atoms with E-state index in [4.69, 9.17) is 0 Å². The van der Waals surface area contributed by atoms with E-state index >= 15 is 0 Å². The van der Waals surface area contributed by atoms with Crippen molar-refractivity contribution >= 4 is 12.1 Å². The van der Waals surface area contributed by atoms with Crippen LogP contribution >= 0.6 is 0 Å². The van der Waals surface area contributed by atoms with Crippen LogP contribution in [0.3, 0.4) is 0 Å². The Labute approximate surface area is 92.2 Å². The molecule has 0 heterocycles. The number of carbonyl (C=O) groups is 2. The third-order valence-electron chi connectivity index (χ3n) is 2.41. The van der Waals surface area contributed by atoms with Crippen LogP contribution in [-0.2, 0) is 9.59 Å². The number of rotatable bonds is 9. The molecule has 0 atom stereocenters. The summed E-state index contributed by atoms with van der Waals surface area (Å²) in [4.78, 5) is 25.5. The van der Waals surface area contributed by atoms with E-state index in [-0.39, 0.29) is 5.78 Å². The largest absolute Gasteiger partial charge is 0.302 e. The molecule has 0 fully saturated rings. The summed E-state index contributed by atoms with van der Waals surface area (Å²) in [7, 11) is 0. The van der Waals surface area contributed by atoms with E-state index in [1.165, 1.54) is 0 Å². The zero-order valence-corrected chi connectivity index (χ0v) is 10.0. The predicted octanol–water partition coefficient (Wildman–Crippen LogP) is 0.418. The van der Waals surface area contributed by atoms with Crippen molar-refractivity contribution in [1.29, 1.82) is 0 Å². The maximum atomic E-state index is 10.9. The van der Waals surface area contributed by atoms with E-state index in [0.29, 0.717) is 13.1 Å². The summed E-state index contributed by atoms with van der Waals surface area (Å²) < 4.78 is 0. The zero-order chi connectivity index (χ0) is 11.7. The molecule has 0 aliphatic rings. The SMILES string of the molecule is CCN(CC=O)CCN(CC)CC(C)=O. The lowest BCUT2D eigenvalue weighted by Gasteiger charge is -2.23. The molecule has 0 aromatic carbocycles. The van der Waals surface area contributed by atoms with Crippen LogP contribution in [0.4, 0.5) is 0 Å². The molecule has 0 amide bonds. The van der Waals surface area contributed by atoms with Crippen LogP contribution in [0.15, 0.2) is 0 Å². The average Bonchev–Trinajstić information content (AvgIpc) is 2.21. The molecular formula is C11H22N2O2. The Kier molecular flexibility index (Phi) is 8.14. The highest BCUT2D eigenvalue weighted by atomic mass is 16.1. The van der Waals surface area contributed by atoms with Gasteiger partial charge < -0.3 is 4.79 Å². The minimum atomic E-state index is 0.190. The Morgan fingerprint density at radius 2 is 1.67 bits per heavy atom. The van der Waals surface area contributed by atoms with Crippen molar-refractivity contribution in [1.82, 2.24) is 9.80 Å². The van der Waals surface area contributed by atoms with Crippen molar-refractivity contribution in [3.8, 4) is 0 Å². The topological polar surface area (TPSA) is 40.6 Å². The standard InChI is InChI=1S/C11H22N2O2/c1-4-12(8-9-14)6-7-13(5-2)10-11(3)15/h9H,4-8,10H2,1-3H3. The summed E-state index contributed by atoms with van der Waals surface area (Å²) in [6, 6.07) is 0. The fourth-order valence-electron chi connectivity index (χ4n) is 1.43. The molecule has 88 valence electrons. The highest BCUT2D eigenvalue weighted by molar-refractivity contribution is 5.77. The number of ketones is 1. The van der Waals surface area contributed by atoms with Crippen molar-refractivity contribution in [2.24, 2.45) is 0 Å². The Bertz CT molecular complexity index is 195. The lowest BCUT2D eigenvalue weighted by molar-refractivity contribution is -0.118. The molecule has 0 rings (SSSR count). The Balaban J connectivity index is 3.85. The molecule has 0 aliphatic carbocycles. The predicted molar refractivity (Wildman–Crippen MR) is 61.0 cm³/mol. The van der Waals surface area contributed by atoms with Crippen LogP contribution in [0.2, 0.25) is 0 Å².